The fraction of sp³-hybridized carbons (Fsp3) is 1.00. The summed E-state index contributed by atoms with van der Waals surface area (Å²) in [6.07, 6.45) is 5.70. The average Bonchev–Trinajstić information content (AvgIpc) is 2.63. The van der Waals surface area contributed by atoms with Gasteiger partial charge < -0.3 is 10.5 Å². The molecule has 100 valence electrons. The van der Waals surface area contributed by atoms with Crippen LogP contribution in [0, 0.1) is 5.41 Å². The van der Waals surface area contributed by atoms with Crippen LogP contribution in [0.25, 0.3) is 0 Å². The van der Waals surface area contributed by atoms with Crippen molar-refractivity contribution in [2.75, 3.05) is 26.2 Å². The van der Waals surface area contributed by atoms with E-state index >= 15 is 0 Å². The maximum absolute atomic E-state index is 6.03. The lowest BCUT2D eigenvalue weighted by atomic mass is 9.85. The minimum absolute atomic E-state index is 0.00788. The molecule has 2 N–H and O–H groups in total. The first-order chi connectivity index (χ1) is 7.95. The Bertz CT molecular complexity index is 259. The Morgan fingerprint density at radius 1 is 1.29 bits per heavy atom. The first-order valence-electron chi connectivity index (χ1n) is 7.05. The molecule has 1 heterocycles. The van der Waals surface area contributed by atoms with Crippen LogP contribution in [0.2, 0.25) is 0 Å². The van der Waals surface area contributed by atoms with Gasteiger partial charge in [-0.05, 0) is 45.6 Å². The van der Waals surface area contributed by atoms with Crippen molar-refractivity contribution in [1.82, 2.24) is 4.90 Å². The van der Waals surface area contributed by atoms with E-state index in [1.165, 1.54) is 32.2 Å². The summed E-state index contributed by atoms with van der Waals surface area (Å²) in [6, 6.07) is 0. The minimum Gasteiger partial charge on any atom is -0.370 e. The van der Waals surface area contributed by atoms with Gasteiger partial charge >= 0.3 is 0 Å². The zero-order chi connectivity index (χ0) is 12.5. The van der Waals surface area contributed by atoms with Crippen molar-refractivity contribution in [3.8, 4) is 0 Å². The number of nitrogens with two attached hydrogens (primary N) is 1. The Kier molecular flexibility index (Phi) is 3.81. The van der Waals surface area contributed by atoms with Crippen LogP contribution >= 0.6 is 0 Å². The molecule has 1 saturated heterocycles. The van der Waals surface area contributed by atoms with E-state index in [1.807, 2.05) is 0 Å². The lowest BCUT2D eigenvalue weighted by molar-refractivity contribution is -0.134. The molecule has 0 aromatic carbocycles. The highest BCUT2D eigenvalue weighted by Crippen LogP contribution is 2.38. The van der Waals surface area contributed by atoms with Crippen LogP contribution in [-0.4, -0.2) is 42.8 Å². The predicted octanol–water partition coefficient (Wildman–Crippen LogP) is 2.00. The highest BCUT2D eigenvalue weighted by atomic mass is 16.5. The smallest absolute Gasteiger partial charge is 0.0757 e. The molecule has 0 radical (unpaired) electrons. The lowest BCUT2D eigenvalue weighted by Crippen LogP contribution is -2.55. The molecular formula is C14H28N2O. The van der Waals surface area contributed by atoms with E-state index in [0.717, 1.165) is 19.6 Å². The summed E-state index contributed by atoms with van der Waals surface area (Å²) in [5.41, 5.74) is 6.42. The van der Waals surface area contributed by atoms with E-state index in [-0.39, 0.29) is 5.60 Å². The van der Waals surface area contributed by atoms with Crippen molar-refractivity contribution in [2.24, 2.45) is 11.1 Å². The molecule has 2 fully saturated rings. The molecule has 1 aliphatic heterocycles. The Morgan fingerprint density at radius 2 is 1.94 bits per heavy atom. The van der Waals surface area contributed by atoms with Gasteiger partial charge in [0.1, 0.15) is 0 Å². The summed E-state index contributed by atoms with van der Waals surface area (Å²) < 4.78 is 5.96. The fourth-order valence-corrected chi connectivity index (χ4v) is 3.73. The summed E-state index contributed by atoms with van der Waals surface area (Å²) >= 11 is 0. The van der Waals surface area contributed by atoms with Crippen LogP contribution < -0.4 is 5.73 Å². The summed E-state index contributed by atoms with van der Waals surface area (Å²) in [6.45, 7) is 10.7. The van der Waals surface area contributed by atoms with E-state index < -0.39 is 0 Å². The quantitative estimate of drug-likeness (QED) is 0.820. The van der Waals surface area contributed by atoms with Crippen molar-refractivity contribution in [3.63, 3.8) is 0 Å². The molecule has 2 rings (SSSR count). The van der Waals surface area contributed by atoms with E-state index in [0.29, 0.717) is 11.5 Å². The second-order valence-electron chi connectivity index (χ2n) is 6.77. The molecule has 1 atom stereocenters. The first-order valence-corrected chi connectivity index (χ1v) is 7.05. The van der Waals surface area contributed by atoms with Gasteiger partial charge in [-0.3, -0.25) is 4.90 Å². The second-order valence-corrected chi connectivity index (χ2v) is 6.77. The Balaban J connectivity index is 1.97. The Hall–Kier alpha value is -0.120. The molecule has 3 nitrogen and oxygen atoms in total. The normalized spacial score (nSPS) is 32.8. The summed E-state index contributed by atoms with van der Waals surface area (Å²) in [4.78, 5) is 2.58. The molecule has 1 unspecified atom stereocenters. The van der Waals surface area contributed by atoms with Gasteiger partial charge in [0.15, 0.2) is 0 Å². The van der Waals surface area contributed by atoms with Gasteiger partial charge in [0, 0.05) is 19.6 Å². The van der Waals surface area contributed by atoms with Gasteiger partial charge in [-0.25, -0.2) is 0 Å². The molecule has 0 aromatic heterocycles. The Labute approximate surface area is 106 Å². The third-order valence-electron chi connectivity index (χ3n) is 4.30. The zero-order valence-electron chi connectivity index (χ0n) is 11.7. The molecule has 3 heteroatoms. The topological polar surface area (TPSA) is 38.5 Å². The van der Waals surface area contributed by atoms with Gasteiger partial charge in [-0.15, -0.1) is 0 Å². The summed E-state index contributed by atoms with van der Waals surface area (Å²) in [5.74, 6) is 0. The first kappa shape index (κ1) is 13.3. The SMILES string of the molecule is CC1CN(CC2(CN)CCCC2)CC(C)(C)O1. The monoisotopic (exact) mass is 240 g/mol. The number of morpholine rings is 1. The van der Waals surface area contributed by atoms with Crippen LogP contribution in [0.5, 0.6) is 0 Å². The molecule has 1 aliphatic carbocycles. The Morgan fingerprint density at radius 3 is 2.47 bits per heavy atom. The van der Waals surface area contributed by atoms with Gasteiger partial charge in [0.05, 0.1) is 11.7 Å². The molecule has 17 heavy (non-hydrogen) atoms. The molecule has 0 bridgehead atoms. The molecular weight excluding hydrogens is 212 g/mol. The molecule has 1 saturated carbocycles. The third kappa shape index (κ3) is 3.21. The van der Waals surface area contributed by atoms with Crippen LogP contribution in [0.1, 0.15) is 46.5 Å². The molecule has 0 spiro atoms. The number of rotatable bonds is 3. The van der Waals surface area contributed by atoms with E-state index in [4.69, 9.17) is 10.5 Å². The number of nitrogens with zero attached hydrogens (tertiary/aromatic N) is 1. The maximum atomic E-state index is 6.03. The number of ether oxygens (including phenoxy) is 1. The van der Waals surface area contributed by atoms with Gasteiger partial charge in [-0.2, -0.15) is 0 Å². The summed E-state index contributed by atoms with van der Waals surface area (Å²) in [5, 5.41) is 0. The standard InChI is InChI=1S/C14H28N2O/c1-12-8-16(10-13(2,3)17-12)11-14(9-15)6-4-5-7-14/h12H,4-11,15H2,1-3H3. The van der Waals surface area contributed by atoms with E-state index in [1.54, 1.807) is 0 Å². The number of hydrogen-bond donors (Lipinski definition) is 1. The lowest BCUT2D eigenvalue weighted by Gasteiger charge is -2.45. The second kappa shape index (κ2) is 4.87. The van der Waals surface area contributed by atoms with Gasteiger partial charge in [0.25, 0.3) is 0 Å². The van der Waals surface area contributed by atoms with Crippen molar-refractivity contribution in [3.05, 3.63) is 0 Å². The fourth-order valence-electron chi connectivity index (χ4n) is 3.73. The van der Waals surface area contributed by atoms with Crippen molar-refractivity contribution in [1.29, 1.82) is 0 Å². The van der Waals surface area contributed by atoms with Crippen LogP contribution in [0.3, 0.4) is 0 Å². The highest BCUT2D eigenvalue weighted by Gasteiger charge is 2.38. The van der Waals surface area contributed by atoms with Crippen molar-refractivity contribution < 1.29 is 4.74 Å². The van der Waals surface area contributed by atoms with Crippen LogP contribution in [0.4, 0.5) is 0 Å². The summed E-state index contributed by atoms with van der Waals surface area (Å²) in [7, 11) is 0. The van der Waals surface area contributed by atoms with Gasteiger partial charge in [-0.1, -0.05) is 12.8 Å². The zero-order valence-corrected chi connectivity index (χ0v) is 11.7. The van der Waals surface area contributed by atoms with E-state index in [9.17, 15) is 0 Å². The van der Waals surface area contributed by atoms with Gasteiger partial charge in [0.2, 0.25) is 0 Å². The average molecular weight is 240 g/mol. The molecule has 2 aliphatic rings. The number of hydrogen-bond acceptors (Lipinski definition) is 3. The van der Waals surface area contributed by atoms with Crippen LogP contribution in [-0.2, 0) is 4.74 Å². The highest BCUT2D eigenvalue weighted by molar-refractivity contribution is 4.92. The van der Waals surface area contributed by atoms with Crippen molar-refractivity contribution in [2.45, 2.75) is 58.2 Å². The van der Waals surface area contributed by atoms with Crippen LogP contribution in [0.15, 0.2) is 0 Å². The third-order valence-corrected chi connectivity index (χ3v) is 4.30. The molecule has 0 aromatic rings. The minimum atomic E-state index is -0.00788. The predicted molar refractivity (Wildman–Crippen MR) is 71.0 cm³/mol. The molecule has 0 amide bonds. The van der Waals surface area contributed by atoms with E-state index in [2.05, 4.69) is 25.7 Å². The van der Waals surface area contributed by atoms with Crippen molar-refractivity contribution >= 4 is 0 Å². The largest absolute Gasteiger partial charge is 0.370 e. The maximum Gasteiger partial charge on any atom is 0.0757 e.